The first-order chi connectivity index (χ1) is 8.86. The molecular weight excluding hydrogens is 226 g/mol. The van der Waals surface area contributed by atoms with Gasteiger partial charge in [0.1, 0.15) is 18.0 Å². The van der Waals surface area contributed by atoms with E-state index < -0.39 is 0 Å². The van der Waals surface area contributed by atoms with Crippen LogP contribution in [0, 0.1) is 0 Å². The van der Waals surface area contributed by atoms with Crippen molar-refractivity contribution in [1.29, 1.82) is 0 Å². The van der Waals surface area contributed by atoms with E-state index in [1.54, 1.807) is 6.33 Å². The highest BCUT2D eigenvalue weighted by molar-refractivity contribution is 5.59. The number of anilines is 2. The first kappa shape index (κ1) is 13.1. The number of rotatable bonds is 5. The summed E-state index contributed by atoms with van der Waals surface area (Å²) in [4.78, 5) is 11.3. The highest BCUT2D eigenvalue weighted by Crippen LogP contribution is 2.25. The summed E-state index contributed by atoms with van der Waals surface area (Å²) >= 11 is 0. The summed E-state index contributed by atoms with van der Waals surface area (Å²) in [6.07, 6.45) is 3.82. The van der Waals surface area contributed by atoms with Crippen LogP contribution in [0.15, 0.2) is 6.33 Å². The molecule has 100 valence electrons. The van der Waals surface area contributed by atoms with Crippen molar-refractivity contribution >= 4 is 11.6 Å². The monoisotopic (exact) mass is 249 g/mol. The number of aromatic nitrogens is 2. The predicted octanol–water partition coefficient (Wildman–Crippen LogP) is 1.27. The molecule has 2 rings (SSSR count). The van der Waals surface area contributed by atoms with Crippen LogP contribution in [-0.2, 0) is 6.42 Å². The Morgan fingerprint density at radius 1 is 1.28 bits per heavy atom. The fraction of sp³-hybridized carbons (Fsp3) is 0.692. The van der Waals surface area contributed by atoms with Crippen LogP contribution in [0.3, 0.4) is 0 Å². The number of hydrogen-bond acceptors (Lipinski definition) is 5. The van der Waals surface area contributed by atoms with E-state index in [-0.39, 0.29) is 0 Å². The smallest absolute Gasteiger partial charge is 0.137 e. The molecule has 2 heterocycles. The van der Waals surface area contributed by atoms with E-state index in [4.69, 9.17) is 0 Å². The third-order valence-corrected chi connectivity index (χ3v) is 3.18. The zero-order valence-corrected chi connectivity index (χ0v) is 11.4. The summed E-state index contributed by atoms with van der Waals surface area (Å²) in [6, 6.07) is 0. The average molecular weight is 249 g/mol. The summed E-state index contributed by atoms with van der Waals surface area (Å²) in [5.41, 5.74) is 1.27. The van der Waals surface area contributed by atoms with Gasteiger partial charge in [0.05, 0.1) is 0 Å². The Bertz CT molecular complexity index is 374. The van der Waals surface area contributed by atoms with Crippen LogP contribution in [0.2, 0.25) is 0 Å². The zero-order valence-electron chi connectivity index (χ0n) is 11.4. The lowest BCUT2D eigenvalue weighted by Crippen LogP contribution is -2.44. The van der Waals surface area contributed by atoms with E-state index in [0.717, 1.165) is 57.2 Å². The van der Waals surface area contributed by atoms with Gasteiger partial charge in [-0.25, -0.2) is 9.97 Å². The Hall–Kier alpha value is -1.36. The predicted molar refractivity (Wildman–Crippen MR) is 75.3 cm³/mol. The van der Waals surface area contributed by atoms with Gasteiger partial charge in [-0.3, -0.25) is 0 Å². The summed E-state index contributed by atoms with van der Waals surface area (Å²) < 4.78 is 0. The van der Waals surface area contributed by atoms with Crippen LogP contribution in [0.25, 0.3) is 0 Å². The van der Waals surface area contributed by atoms with Crippen LogP contribution < -0.4 is 15.5 Å². The van der Waals surface area contributed by atoms with Crippen LogP contribution in [-0.4, -0.2) is 42.7 Å². The molecule has 2 N–H and O–H groups in total. The minimum absolute atomic E-state index is 0.898. The van der Waals surface area contributed by atoms with Gasteiger partial charge in [0.15, 0.2) is 0 Å². The molecule has 0 atom stereocenters. The molecule has 1 aromatic heterocycles. The normalized spacial score (nSPS) is 15.8. The second-order valence-electron chi connectivity index (χ2n) is 4.54. The van der Waals surface area contributed by atoms with Crippen LogP contribution in [0.5, 0.6) is 0 Å². The van der Waals surface area contributed by atoms with Gasteiger partial charge in [0, 0.05) is 38.3 Å². The second-order valence-corrected chi connectivity index (χ2v) is 4.54. The molecule has 1 saturated heterocycles. The van der Waals surface area contributed by atoms with Crippen molar-refractivity contribution in [2.24, 2.45) is 0 Å². The Morgan fingerprint density at radius 2 is 2.06 bits per heavy atom. The molecule has 0 saturated carbocycles. The number of nitrogens with one attached hydrogen (secondary N) is 2. The van der Waals surface area contributed by atoms with Gasteiger partial charge in [-0.15, -0.1) is 0 Å². The van der Waals surface area contributed by atoms with Gasteiger partial charge in [-0.1, -0.05) is 13.3 Å². The lowest BCUT2D eigenvalue weighted by atomic mass is 10.1. The van der Waals surface area contributed by atoms with E-state index in [2.05, 4.69) is 39.3 Å². The summed E-state index contributed by atoms with van der Waals surface area (Å²) in [6.45, 7) is 9.32. The number of hydrogen-bond donors (Lipinski definition) is 2. The van der Waals surface area contributed by atoms with Gasteiger partial charge in [-0.2, -0.15) is 0 Å². The lowest BCUT2D eigenvalue weighted by Gasteiger charge is -2.30. The van der Waals surface area contributed by atoms with Gasteiger partial charge < -0.3 is 15.5 Å². The average Bonchev–Trinajstić information content (AvgIpc) is 2.42. The molecule has 0 radical (unpaired) electrons. The molecule has 18 heavy (non-hydrogen) atoms. The van der Waals surface area contributed by atoms with E-state index in [1.807, 2.05) is 0 Å². The van der Waals surface area contributed by atoms with E-state index in [1.165, 1.54) is 5.56 Å². The molecule has 0 unspecified atom stereocenters. The summed E-state index contributed by atoms with van der Waals surface area (Å²) in [5, 5.41) is 6.72. The molecule has 1 aliphatic rings. The van der Waals surface area contributed by atoms with E-state index in [9.17, 15) is 0 Å². The first-order valence-electron chi connectivity index (χ1n) is 6.90. The van der Waals surface area contributed by atoms with Crippen molar-refractivity contribution in [1.82, 2.24) is 15.3 Å². The quantitative estimate of drug-likeness (QED) is 0.823. The molecule has 0 aliphatic carbocycles. The third kappa shape index (κ3) is 2.90. The molecule has 0 amide bonds. The van der Waals surface area contributed by atoms with Crippen molar-refractivity contribution in [3.05, 3.63) is 11.9 Å². The van der Waals surface area contributed by atoms with Gasteiger partial charge in [-0.05, 0) is 13.3 Å². The highest BCUT2D eigenvalue weighted by atomic mass is 15.2. The fourth-order valence-corrected chi connectivity index (χ4v) is 2.35. The maximum Gasteiger partial charge on any atom is 0.137 e. The van der Waals surface area contributed by atoms with Crippen LogP contribution in [0.1, 0.15) is 25.8 Å². The zero-order chi connectivity index (χ0) is 12.8. The highest BCUT2D eigenvalue weighted by Gasteiger charge is 2.18. The van der Waals surface area contributed by atoms with E-state index >= 15 is 0 Å². The Balaban J connectivity index is 2.28. The molecular formula is C13H23N5. The molecule has 1 fully saturated rings. The number of piperazine rings is 1. The molecule has 0 bridgehead atoms. The van der Waals surface area contributed by atoms with Crippen molar-refractivity contribution < 1.29 is 0 Å². The molecule has 0 aromatic carbocycles. The molecule has 5 nitrogen and oxygen atoms in total. The van der Waals surface area contributed by atoms with Crippen LogP contribution in [0.4, 0.5) is 11.6 Å². The molecule has 0 spiro atoms. The standard InChI is InChI=1S/C13H23N5/c1-3-5-11-12(15-4-2)16-10-17-13(11)18-8-6-14-7-9-18/h10,14H,3-9H2,1-2H3,(H,15,16,17). The minimum Gasteiger partial charge on any atom is -0.370 e. The SMILES string of the molecule is CCCc1c(NCC)ncnc1N1CCNCC1. The molecule has 5 heteroatoms. The van der Waals surface area contributed by atoms with Crippen molar-refractivity contribution in [3.8, 4) is 0 Å². The fourth-order valence-electron chi connectivity index (χ4n) is 2.35. The van der Waals surface area contributed by atoms with E-state index in [0.29, 0.717) is 0 Å². The van der Waals surface area contributed by atoms with Crippen molar-refractivity contribution in [2.45, 2.75) is 26.7 Å². The Kier molecular flexibility index (Phi) is 4.75. The molecule has 1 aromatic rings. The van der Waals surface area contributed by atoms with Gasteiger partial charge in [0.2, 0.25) is 0 Å². The van der Waals surface area contributed by atoms with Crippen molar-refractivity contribution in [3.63, 3.8) is 0 Å². The summed E-state index contributed by atoms with van der Waals surface area (Å²) in [7, 11) is 0. The Morgan fingerprint density at radius 3 is 2.72 bits per heavy atom. The Labute approximate surface area is 109 Å². The molecule has 1 aliphatic heterocycles. The number of nitrogens with zero attached hydrogens (tertiary/aromatic N) is 3. The van der Waals surface area contributed by atoms with Crippen molar-refractivity contribution in [2.75, 3.05) is 42.9 Å². The van der Waals surface area contributed by atoms with Gasteiger partial charge in [0.25, 0.3) is 0 Å². The van der Waals surface area contributed by atoms with Gasteiger partial charge >= 0.3 is 0 Å². The second kappa shape index (κ2) is 6.54. The topological polar surface area (TPSA) is 53.1 Å². The lowest BCUT2D eigenvalue weighted by molar-refractivity contribution is 0.582. The van der Waals surface area contributed by atoms with Crippen LogP contribution >= 0.6 is 0 Å². The maximum absolute atomic E-state index is 4.51. The summed E-state index contributed by atoms with van der Waals surface area (Å²) in [5.74, 6) is 2.12. The minimum atomic E-state index is 0.898. The maximum atomic E-state index is 4.51. The third-order valence-electron chi connectivity index (χ3n) is 3.18. The largest absolute Gasteiger partial charge is 0.370 e. The first-order valence-corrected chi connectivity index (χ1v) is 6.90.